The van der Waals surface area contributed by atoms with Crippen LogP contribution in [0.15, 0.2) is 0 Å². The second kappa shape index (κ2) is 1.58. The number of rotatable bonds is 0. The van der Waals surface area contributed by atoms with E-state index in [1.54, 1.807) is 0 Å². The van der Waals surface area contributed by atoms with Crippen molar-refractivity contribution in [2.45, 2.75) is 37.7 Å². The van der Waals surface area contributed by atoms with E-state index in [1.807, 2.05) is 0 Å². The summed E-state index contributed by atoms with van der Waals surface area (Å²) in [6.45, 7) is 1.08. The van der Waals surface area contributed by atoms with Crippen LogP contribution in [-0.2, 0) is 4.74 Å². The molecule has 10 heavy (non-hydrogen) atoms. The molecule has 1 heteroatoms. The lowest BCUT2D eigenvalue weighted by atomic mass is 9.81. The third-order valence-electron chi connectivity index (χ3n) is 3.52. The smallest absolute Gasteiger partial charge is 0.0921 e. The van der Waals surface area contributed by atoms with Gasteiger partial charge in [0, 0.05) is 0 Å². The van der Waals surface area contributed by atoms with Gasteiger partial charge in [0.2, 0.25) is 0 Å². The van der Waals surface area contributed by atoms with Crippen LogP contribution in [0.3, 0.4) is 0 Å². The Hall–Kier alpha value is -0.0400. The molecule has 0 amide bonds. The van der Waals surface area contributed by atoms with Crippen molar-refractivity contribution in [2.75, 3.05) is 6.61 Å². The van der Waals surface area contributed by atoms with Gasteiger partial charge in [-0.15, -0.1) is 0 Å². The summed E-state index contributed by atoms with van der Waals surface area (Å²) in [5, 5.41) is 0. The van der Waals surface area contributed by atoms with Crippen molar-refractivity contribution >= 4 is 0 Å². The minimum absolute atomic E-state index is 0.435. The average molecular weight is 138 g/mol. The molecule has 1 unspecified atom stereocenters. The Morgan fingerprint density at radius 3 is 2.20 bits per heavy atom. The molecular weight excluding hydrogens is 124 g/mol. The van der Waals surface area contributed by atoms with Gasteiger partial charge in [-0.1, -0.05) is 12.8 Å². The van der Waals surface area contributed by atoms with Crippen LogP contribution in [0.2, 0.25) is 0 Å². The Morgan fingerprint density at radius 2 is 1.70 bits per heavy atom. The normalized spacial score (nSPS) is 57.6. The van der Waals surface area contributed by atoms with Crippen molar-refractivity contribution in [3.05, 3.63) is 0 Å². The van der Waals surface area contributed by atoms with Crippen LogP contribution in [-0.4, -0.2) is 12.2 Å². The van der Waals surface area contributed by atoms with Crippen LogP contribution in [0.1, 0.15) is 32.1 Å². The molecule has 56 valence electrons. The third-order valence-corrected chi connectivity index (χ3v) is 3.52. The Morgan fingerprint density at radius 1 is 1.10 bits per heavy atom. The van der Waals surface area contributed by atoms with Gasteiger partial charge >= 0.3 is 0 Å². The molecule has 2 saturated carbocycles. The highest BCUT2D eigenvalue weighted by Gasteiger charge is 2.52. The van der Waals surface area contributed by atoms with E-state index in [4.69, 9.17) is 4.74 Å². The second-order valence-electron chi connectivity index (χ2n) is 4.43. The molecular formula is C9H14O. The van der Waals surface area contributed by atoms with Crippen molar-refractivity contribution in [2.24, 2.45) is 11.8 Å². The Balaban J connectivity index is 1.84. The zero-order valence-corrected chi connectivity index (χ0v) is 6.31. The van der Waals surface area contributed by atoms with E-state index in [0.29, 0.717) is 5.60 Å². The molecule has 2 aliphatic carbocycles. The molecule has 3 fully saturated rings. The quantitative estimate of drug-likeness (QED) is 0.466. The summed E-state index contributed by atoms with van der Waals surface area (Å²) in [5.41, 5.74) is 0.435. The Bertz CT molecular complexity index is 146. The van der Waals surface area contributed by atoms with Crippen LogP contribution >= 0.6 is 0 Å². The molecule has 3 rings (SSSR count). The van der Waals surface area contributed by atoms with Gasteiger partial charge in [-0.2, -0.15) is 0 Å². The standard InChI is InChI=1S/C9H14O/c1-2-8-3-7(1)4-9(5-8)6-10-9/h7-8H,1-6H2/t7-,8+,9?. The van der Waals surface area contributed by atoms with Gasteiger partial charge in [0.15, 0.2) is 0 Å². The first-order chi connectivity index (χ1) is 4.86. The van der Waals surface area contributed by atoms with Gasteiger partial charge in [-0.3, -0.25) is 0 Å². The van der Waals surface area contributed by atoms with E-state index in [1.165, 1.54) is 32.1 Å². The molecule has 0 radical (unpaired) electrons. The summed E-state index contributed by atoms with van der Waals surface area (Å²) in [6.07, 6.45) is 7.30. The van der Waals surface area contributed by atoms with Crippen molar-refractivity contribution in [3.8, 4) is 0 Å². The first kappa shape index (κ1) is 5.59. The maximum Gasteiger partial charge on any atom is 0.0921 e. The lowest BCUT2D eigenvalue weighted by molar-refractivity contribution is 0.185. The zero-order chi connectivity index (χ0) is 6.60. The van der Waals surface area contributed by atoms with Crippen molar-refractivity contribution < 1.29 is 4.74 Å². The van der Waals surface area contributed by atoms with E-state index in [-0.39, 0.29) is 0 Å². The predicted octanol–water partition coefficient (Wildman–Crippen LogP) is 1.97. The first-order valence-corrected chi connectivity index (χ1v) is 4.50. The topological polar surface area (TPSA) is 12.5 Å². The lowest BCUT2D eigenvalue weighted by Crippen LogP contribution is -2.23. The fourth-order valence-electron chi connectivity index (χ4n) is 3.02. The van der Waals surface area contributed by atoms with E-state index in [0.717, 1.165) is 18.4 Å². The van der Waals surface area contributed by atoms with Gasteiger partial charge < -0.3 is 4.74 Å². The third kappa shape index (κ3) is 0.672. The Labute approximate surface area is 61.8 Å². The molecule has 3 atom stereocenters. The van der Waals surface area contributed by atoms with E-state index >= 15 is 0 Å². The maximum absolute atomic E-state index is 5.52. The molecule has 0 aromatic heterocycles. The summed E-state index contributed by atoms with van der Waals surface area (Å²) >= 11 is 0. The molecule has 1 aliphatic heterocycles. The number of epoxide rings is 1. The summed E-state index contributed by atoms with van der Waals surface area (Å²) in [6, 6.07) is 0. The number of hydrogen-bond acceptors (Lipinski definition) is 1. The number of hydrogen-bond donors (Lipinski definition) is 0. The van der Waals surface area contributed by atoms with Crippen LogP contribution in [0.4, 0.5) is 0 Å². The Kier molecular flexibility index (Phi) is 0.883. The molecule has 1 saturated heterocycles. The summed E-state index contributed by atoms with van der Waals surface area (Å²) in [4.78, 5) is 0. The van der Waals surface area contributed by atoms with Crippen LogP contribution in [0, 0.1) is 11.8 Å². The zero-order valence-electron chi connectivity index (χ0n) is 6.31. The minimum atomic E-state index is 0.435. The van der Waals surface area contributed by atoms with Crippen molar-refractivity contribution in [3.63, 3.8) is 0 Å². The van der Waals surface area contributed by atoms with E-state index in [2.05, 4.69) is 0 Å². The largest absolute Gasteiger partial charge is 0.370 e. The number of fused-ring (bicyclic) bond motifs is 2. The SMILES string of the molecule is C1C[C@H]2C[C@@H]1CC1(CO1)C2. The highest BCUT2D eigenvalue weighted by atomic mass is 16.6. The molecule has 0 aromatic carbocycles. The fraction of sp³-hybridized carbons (Fsp3) is 1.00. The molecule has 1 nitrogen and oxygen atoms in total. The van der Waals surface area contributed by atoms with Gasteiger partial charge in [0.1, 0.15) is 0 Å². The highest BCUT2D eigenvalue weighted by Crippen LogP contribution is 2.52. The highest BCUT2D eigenvalue weighted by molar-refractivity contribution is 5.02. The molecule has 2 bridgehead atoms. The van der Waals surface area contributed by atoms with Crippen LogP contribution < -0.4 is 0 Å². The number of ether oxygens (including phenoxy) is 1. The lowest BCUT2D eigenvalue weighted by Gasteiger charge is -2.24. The maximum atomic E-state index is 5.52. The second-order valence-corrected chi connectivity index (χ2v) is 4.43. The fourth-order valence-corrected chi connectivity index (χ4v) is 3.02. The molecule has 0 aromatic rings. The summed E-state index contributed by atoms with van der Waals surface area (Å²) in [7, 11) is 0. The van der Waals surface area contributed by atoms with Gasteiger partial charge in [-0.05, 0) is 31.1 Å². The van der Waals surface area contributed by atoms with Gasteiger partial charge in [0.05, 0.1) is 12.2 Å². The van der Waals surface area contributed by atoms with Crippen molar-refractivity contribution in [1.29, 1.82) is 0 Å². The average Bonchev–Trinajstić information content (AvgIpc) is 2.56. The van der Waals surface area contributed by atoms with Gasteiger partial charge in [0.25, 0.3) is 0 Å². The van der Waals surface area contributed by atoms with Crippen LogP contribution in [0.25, 0.3) is 0 Å². The van der Waals surface area contributed by atoms with Crippen LogP contribution in [0.5, 0.6) is 0 Å². The van der Waals surface area contributed by atoms with Gasteiger partial charge in [-0.25, -0.2) is 0 Å². The first-order valence-electron chi connectivity index (χ1n) is 4.50. The predicted molar refractivity (Wildman–Crippen MR) is 38.7 cm³/mol. The molecule has 3 aliphatic rings. The van der Waals surface area contributed by atoms with E-state index < -0.39 is 0 Å². The molecule has 1 heterocycles. The summed E-state index contributed by atoms with van der Waals surface area (Å²) < 4.78 is 5.52. The van der Waals surface area contributed by atoms with Crippen molar-refractivity contribution in [1.82, 2.24) is 0 Å². The molecule has 0 N–H and O–H groups in total. The summed E-state index contributed by atoms with van der Waals surface area (Å²) in [5.74, 6) is 2.09. The monoisotopic (exact) mass is 138 g/mol. The molecule has 1 spiro atoms. The minimum Gasteiger partial charge on any atom is -0.370 e. The van der Waals surface area contributed by atoms with E-state index in [9.17, 15) is 0 Å².